The van der Waals surface area contributed by atoms with Crippen molar-refractivity contribution in [2.45, 2.75) is 13.5 Å². The first kappa shape index (κ1) is 18.4. The van der Waals surface area contributed by atoms with Crippen molar-refractivity contribution in [1.82, 2.24) is 15.5 Å². The zero-order valence-electron chi connectivity index (χ0n) is 14.9. The van der Waals surface area contributed by atoms with Gasteiger partial charge in [-0.05, 0) is 49.4 Å². The summed E-state index contributed by atoms with van der Waals surface area (Å²) in [6, 6.07) is 11.2. The Morgan fingerprint density at radius 3 is 2.67 bits per heavy atom. The standard InChI is InChI=1S/C19H18FN3O4/c1-3-26-14-7-4-12(5-8-14)18-22-17(27-23-18)11-21-19(24)13-6-9-16(25-2)15(20)10-13/h4-10H,3,11H2,1-2H3,(H,21,24). The van der Waals surface area contributed by atoms with Gasteiger partial charge in [0.25, 0.3) is 5.91 Å². The van der Waals surface area contributed by atoms with Crippen LogP contribution in [0.3, 0.4) is 0 Å². The maximum atomic E-state index is 13.7. The fourth-order valence-corrected chi connectivity index (χ4v) is 2.38. The fraction of sp³-hybridized carbons (Fsp3) is 0.211. The van der Waals surface area contributed by atoms with E-state index < -0.39 is 11.7 Å². The maximum Gasteiger partial charge on any atom is 0.251 e. The number of aromatic nitrogens is 2. The molecule has 0 bridgehead atoms. The van der Waals surface area contributed by atoms with E-state index in [0.29, 0.717) is 12.4 Å². The van der Waals surface area contributed by atoms with Crippen LogP contribution in [0.1, 0.15) is 23.2 Å². The van der Waals surface area contributed by atoms with Crippen LogP contribution < -0.4 is 14.8 Å². The Kier molecular flexibility index (Phi) is 5.65. The Morgan fingerprint density at radius 1 is 1.22 bits per heavy atom. The molecule has 0 atom stereocenters. The minimum Gasteiger partial charge on any atom is -0.494 e. The number of halogens is 1. The zero-order valence-corrected chi connectivity index (χ0v) is 14.9. The average molecular weight is 371 g/mol. The lowest BCUT2D eigenvalue weighted by atomic mass is 10.2. The summed E-state index contributed by atoms with van der Waals surface area (Å²) in [6.45, 7) is 2.52. The normalized spacial score (nSPS) is 10.5. The van der Waals surface area contributed by atoms with Crippen LogP contribution in [0.4, 0.5) is 4.39 Å². The van der Waals surface area contributed by atoms with Crippen molar-refractivity contribution in [3.8, 4) is 22.9 Å². The highest BCUT2D eigenvalue weighted by Crippen LogP contribution is 2.20. The molecule has 0 aliphatic heterocycles. The van der Waals surface area contributed by atoms with Gasteiger partial charge in [0.15, 0.2) is 11.6 Å². The summed E-state index contributed by atoms with van der Waals surface area (Å²) in [6.07, 6.45) is 0. The van der Waals surface area contributed by atoms with E-state index in [-0.39, 0.29) is 23.7 Å². The van der Waals surface area contributed by atoms with Gasteiger partial charge in [0.2, 0.25) is 11.7 Å². The second-order valence-electron chi connectivity index (χ2n) is 5.50. The summed E-state index contributed by atoms with van der Waals surface area (Å²) < 4.78 is 29.0. The van der Waals surface area contributed by atoms with Crippen LogP contribution in [0, 0.1) is 5.82 Å². The Bertz CT molecular complexity index is 925. The summed E-state index contributed by atoms with van der Waals surface area (Å²) in [4.78, 5) is 16.4. The van der Waals surface area contributed by atoms with Gasteiger partial charge >= 0.3 is 0 Å². The van der Waals surface area contributed by atoms with Gasteiger partial charge in [-0.1, -0.05) is 5.16 Å². The maximum absolute atomic E-state index is 13.7. The van der Waals surface area contributed by atoms with Crippen LogP contribution in [0.2, 0.25) is 0 Å². The first-order chi connectivity index (χ1) is 13.1. The molecule has 0 unspecified atom stereocenters. The van der Waals surface area contributed by atoms with Crippen molar-refractivity contribution in [1.29, 1.82) is 0 Å². The number of nitrogens with one attached hydrogen (secondary N) is 1. The van der Waals surface area contributed by atoms with Crippen molar-refractivity contribution in [2.75, 3.05) is 13.7 Å². The molecule has 0 radical (unpaired) electrons. The average Bonchev–Trinajstić information content (AvgIpc) is 3.16. The molecule has 7 nitrogen and oxygen atoms in total. The quantitative estimate of drug-likeness (QED) is 0.686. The lowest BCUT2D eigenvalue weighted by Crippen LogP contribution is -2.23. The molecule has 0 aliphatic rings. The number of methoxy groups -OCH3 is 1. The Labute approximate surface area is 155 Å². The number of carbonyl (C=O) groups is 1. The molecule has 0 aliphatic carbocycles. The van der Waals surface area contributed by atoms with Gasteiger partial charge in [0, 0.05) is 11.1 Å². The van der Waals surface area contributed by atoms with Crippen LogP contribution in [0.25, 0.3) is 11.4 Å². The first-order valence-corrected chi connectivity index (χ1v) is 8.28. The van der Waals surface area contributed by atoms with Crippen molar-refractivity contribution >= 4 is 5.91 Å². The minimum atomic E-state index is -0.610. The van der Waals surface area contributed by atoms with Crippen molar-refractivity contribution in [2.24, 2.45) is 0 Å². The van der Waals surface area contributed by atoms with E-state index in [0.717, 1.165) is 17.4 Å². The molecular weight excluding hydrogens is 353 g/mol. The molecule has 3 rings (SSSR count). The second-order valence-corrected chi connectivity index (χ2v) is 5.50. The van der Waals surface area contributed by atoms with Crippen molar-refractivity contribution < 1.29 is 23.2 Å². The lowest BCUT2D eigenvalue weighted by molar-refractivity contribution is 0.0945. The highest BCUT2D eigenvalue weighted by atomic mass is 19.1. The van der Waals surface area contributed by atoms with Crippen LogP contribution in [-0.4, -0.2) is 29.8 Å². The monoisotopic (exact) mass is 371 g/mol. The van der Waals surface area contributed by atoms with Crippen LogP contribution in [-0.2, 0) is 6.54 Å². The third-order valence-corrected chi connectivity index (χ3v) is 3.71. The summed E-state index contributed by atoms with van der Waals surface area (Å²) in [5.41, 5.74) is 0.927. The van der Waals surface area contributed by atoms with E-state index in [1.807, 2.05) is 31.2 Å². The number of amides is 1. The van der Waals surface area contributed by atoms with Gasteiger partial charge < -0.3 is 19.3 Å². The smallest absolute Gasteiger partial charge is 0.251 e. The number of carbonyl (C=O) groups excluding carboxylic acids is 1. The zero-order chi connectivity index (χ0) is 19.2. The number of benzene rings is 2. The van der Waals surface area contributed by atoms with Crippen LogP contribution >= 0.6 is 0 Å². The highest BCUT2D eigenvalue weighted by Gasteiger charge is 2.13. The Morgan fingerprint density at radius 2 is 2.00 bits per heavy atom. The van der Waals surface area contributed by atoms with E-state index in [4.69, 9.17) is 14.0 Å². The predicted molar refractivity (Wildman–Crippen MR) is 95.0 cm³/mol. The third-order valence-electron chi connectivity index (χ3n) is 3.71. The topological polar surface area (TPSA) is 86.5 Å². The molecule has 27 heavy (non-hydrogen) atoms. The van der Waals surface area contributed by atoms with Gasteiger partial charge in [-0.25, -0.2) is 4.39 Å². The molecular formula is C19H18FN3O4. The largest absolute Gasteiger partial charge is 0.494 e. The first-order valence-electron chi connectivity index (χ1n) is 8.28. The molecule has 0 saturated carbocycles. The van der Waals surface area contributed by atoms with E-state index >= 15 is 0 Å². The molecule has 3 aromatic rings. The SMILES string of the molecule is CCOc1ccc(-c2noc(CNC(=O)c3ccc(OC)c(F)c3)n2)cc1. The molecule has 0 spiro atoms. The van der Waals surface area contributed by atoms with Crippen molar-refractivity contribution in [3.05, 3.63) is 59.7 Å². The van der Waals surface area contributed by atoms with E-state index in [9.17, 15) is 9.18 Å². The number of hydrogen-bond acceptors (Lipinski definition) is 6. The van der Waals surface area contributed by atoms with Gasteiger partial charge in [-0.2, -0.15) is 4.98 Å². The Balaban J connectivity index is 1.62. The van der Waals surface area contributed by atoms with Gasteiger partial charge in [-0.15, -0.1) is 0 Å². The second kappa shape index (κ2) is 8.31. The number of ether oxygens (including phenoxy) is 2. The van der Waals surface area contributed by atoms with E-state index in [1.165, 1.54) is 19.2 Å². The van der Waals surface area contributed by atoms with Gasteiger partial charge in [0.05, 0.1) is 20.3 Å². The summed E-state index contributed by atoms with van der Waals surface area (Å²) in [7, 11) is 1.36. The molecule has 1 aromatic heterocycles. The third kappa shape index (κ3) is 4.41. The molecule has 1 N–H and O–H groups in total. The summed E-state index contributed by atoms with van der Waals surface area (Å²) in [5, 5.41) is 6.50. The molecule has 8 heteroatoms. The summed E-state index contributed by atoms with van der Waals surface area (Å²) >= 11 is 0. The van der Waals surface area contributed by atoms with E-state index in [2.05, 4.69) is 15.5 Å². The van der Waals surface area contributed by atoms with Crippen LogP contribution in [0.5, 0.6) is 11.5 Å². The number of hydrogen-bond donors (Lipinski definition) is 1. The van der Waals surface area contributed by atoms with Gasteiger partial charge in [-0.3, -0.25) is 4.79 Å². The molecule has 1 heterocycles. The number of nitrogens with zero attached hydrogens (tertiary/aromatic N) is 2. The highest BCUT2D eigenvalue weighted by molar-refractivity contribution is 5.94. The lowest BCUT2D eigenvalue weighted by Gasteiger charge is -2.05. The predicted octanol–water partition coefficient (Wildman–Crippen LogP) is 3.21. The molecule has 2 aromatic carbocycles. The summed E-state index contributed by atoms with van der Waals surface area (Å²) in [5.74, 6) is 0.393. The fourth-order valence-electron chi connectivity index (χ4n) is 2.38. The van der Waals surface area contributed by atoms with Crippen LogP contribution in [0.15, 0.2) is 47.0 Å². The van der Waals surface area contributed by atoms with Crippen molar-refractivity contribution in [3.63, 3.8) is 0 Å². The molecule has 1 amide bonds. The molecule has 0 fully saturated rings. The number of rotatable bonds is 7. The van der Waals surface area contributed by atoms with E-state index in [1.54, 1.807) is 0 Å². The van der Waals surface area contributed by atoms with Gasteiger partial charge in [0.1, 0.15) is 5.75 Å². The molecule has 140 valence electrons. The Hall–Kier alpha value is -3.42. The minimum absolute atomic E-state index is 0.0243. The molecule has 0 saturated heterocycles.